The van der Waals surface area contributed by atoms with Gasteiger partial charge in [0.2, 0.25) is 5.91 Å². The molecule has 0 fully saturated rings. The summed E-state index contributed by atoms with van der Waals surface area (Å²) in [6.07, 6.45) is 1.23. The van der Waals surface area contributed by atoms with Gasteiger partial charge in [-0.05, 0) is 36.4 Å². The second-order valence-electron chi connectivity index (χ2n) is 6.35. The number of carbonyl (C=O) groups excluding carboxylic acids is 1. The highest BCUT2D eigenvalue weighted by molar-refractivity contribution is 7.99. The molecule has 1 amide bonds. The number of nitrogens with one attached hydrogen (secondary N) is 1. The van der Waals surface area contributed by atoms with Crippen LogP contribution in [-0.2, 0) is 14.8 Å². The predicted octanol–water partition coefficient (Wildman–Crippen LogP) is 3.81. The summed E-state index contributed by atoms with van der Waals surface area (Å²) in [4.78, 5) is 20.6. The molecule has 30 heavy (non-hydrogen) atoms. The maximum absolute atomic E-state index is 13.2. The molecule has 1 aliphatic heterocycles. The Labute approximate surface area is 181 Å². The number of fused-ring (bicyclic) bond motifs is 3. The van der Waals surface area contributed by atoms with Crippen molar-refractivity contribution in [3.8, 4) is 11.3 Å². The minimum atomic E-state index is -3.82. The molecular weight excluding hydrogens is 451 g/mol. The summed E-state index contributed by atoms with van der Waals surface area (Å²) in [5, 5.41) is 3.22. The minimum Gasteiger partial charge on any atom is -0.325 e. The highest BCUT2D eigenvalue weighted by Crippen LogP contribution is 2.42. The van der Waals surface area contributed by atoms with Gasteiger partial charge in [-0.3, -0.25) is 9.10 Å². The molecule has 11 heteroatoms. The quantitative estimate of drug-likeness (QED) is 0.466. The first-order valence-corrected chi connectivity index (χ1v) is 11.4. The normalized spacial score (nSPS) is 14.0. The maximum atomic E-state index is 13.2. The van der Waals surface area contributed by atoms with Gasteiger partial charge in [0.15, 0.2) is 5.16 Å². The van der Waals surface area contributed by atoms with Gasteiger partial charge in [0.25, 0.3) is 10.0 Å². The third-order valence-electron chi connectivity index (χ3n) is 4.37. The molecule has 3 aromatic rings. The van der Waals surface area contributed by atoms with Crippen LogP contribution in [0.4, 0.5) is 15.8 Å². The van der Waals surface area contributed by atoms with Crippen molar-refractivity contribution in [1.29, 1.82) is 0 Å². The molecule has 4 rings (SSSR count). The second kappa shape index (κ2) is 7.86. The van der Waals surface area contributed by atoms with Gasteiger partial charge in [-0.1, -0.05) is 29.4 Å². The van der Waals surface area contributed by atoms with E-state index >= 15 is 0 Å². The standard InChI is InChI=1S/C19H14ClFN4O3S2/c1-25-15-7-11(20)5-6-14(15)18-16(30(25,27)28)9-22-19(24-18)29-10-17(26)23-13-4-2-3-12(21)8-13/h2-9H,10H2,1H3,(H,23,26). The zero-order valence-corrected chi connectivity index (χ0v) is 17.9. The number of aromatic nitrogens is 2. The first-order chi connectivity index (χ1) is 14.3. The molecule has 0 spiro atoms. The molecule has 2 aromatic carbocycles. The largest absolute Gasteiger partial charge is 0.325 e. The Bertz CT molecular complexity index is 1270. The fourth-order valence-electron chi connectivity index (χ4n) is 2.94. The van der Waals surface area contributed by atoms with E-state index in [2.05, 4.69) is 15.3 Å². The molecule has 2 heterocycles. The molecule has 1 aromatic heterocycles. The van der Waals surface area contributed by atoms with Crippen LogP contribution in [0.5, 0.6) is 0 Å². The van der Waals surface area contributed by atoms with Gasteiger partial charge in [0.05, 0.1) is 23.3 Å². The van der Waals surface area contributed by atoms with Gasteiger partial charge < -0.3 is 5.32 Å². The predicted molar refractivity (Wildman–Crippen MR) is 114 cm³/mol. The molecule has 0 saturated carbocycles. The number of sulfonamides is 1. The number of amides is 1. The highest BCUT2D eigenvalue weighted by atomic mass is 35.5. The van der Waals surface area contributed by atoms with Gasteiger partial charge in [0, 0.05) is 23.3 Å². The summed E-state index contributed by atoms with van der Waals surface area (Å²) in [5.74, 6) is -0.857. The van der Waals surface area contributed by atoms with E-state index in [4.69, 9.17) is 11.6 Å². The lowest BCUT2D eigenvalue weighted by molar-refractivity contribution is -0.113. The van der Waals surface area contributed by atoms with Crippen LogP contribution in [0.3, 0.4) is 0 Å². The average molecular weight is 465 g/mol. The summed E-state index contributed by atoms with van der Waals surface area (Å²) in [5.41, 5.74) is 1.60. The van der Waals surface area contributed by atoms with Crippen molar-refractivity contribution in [1.82, 2.24) is 9.97 Å². The molecule has 0 unspecified atom stereocenters. The van der Waals surface area contributed by atoms with Crippen LogP contribution in [0.2, 0.25) is 5.02 Å². The Balaban J connectivity index is 1.59. The van der Waals surface area contributed by atoms with Crippen molar-refractivity contribution in [2.45, 2.75) is 10.1 Å². The summed E-state index contributed by atoms with van der Waals surface area (Å²) in [6.45, 7) is 0. The number of hydrogen-bond acceptors (Lipinski definition) is 6. The van der Waals surface area contributed by atoms with Gasteiger partial charge >= 0.3 is 0 Å². The minimum absolute atomic E-state index is 0.0200. The second-order valence-corrected chi connectivity index (χ2v) is 9.66. The topological polar surface area (TPSA) is 92.3 Å². The molecule has 1 aliphatic rings. The van der Waals surface area contributed by atoms with Gasteiger partial charge in [-0.15, -0.1) is 0 Å². The van der Waals surface area contributed by atoms with Gasteiger partial charge in [0.1, 0.15) is 10.7 Å². The number of anilines is 2. The van der Waals surface area contributed by atoms with E-state index in [0.717, 1.165) is 16.1 Å². The molecule has 0 atom stereocenters. The number of thioether (sulfide) groups is 1. The van der Waals surface area contributed by atoms with E-state index in [1.165, 1.54) is 31.4 Å². The molecular formula is C19H14ClFN4O3S2. The van der Waals surface area contributed by atoms with E-state index in [1.54, 1.807) is 24.3 Å². The number of hydrogen-bond donors (Lipinski definition) is 1. The van der Waals surface area contributed by atoms with E-state index in [0.29, 0.717) is 22.0 Å². The van der Waals surface area contributed by atoms with Crippen LogP contribution in [0, 0.1) is 5.82 Å². The summed E-state index contributed by atoms with van der Waals surface area (Å²) >= 11 is 7.07. The Morgan fingerprint density at radius 3 is 2.83 bits per heavy atom. The van der Waals surface area contributed by atoms with Crippen LogP contribution in [-0.4, -0.2) is 37.1 Å². The Morgan fingerprint density at radius 2 is 2.07 bits per heavy atom. The number of halogens is 2. The van der Waals surface area contributed by atoms with E-state index in [9.17, 15) is 17.6 Å². The third kappa shape index (κ3) is 3.85. The molecule has 0 aliphatic carbocycles. The molecule has 7 nitrogen and oxygen atoms in total. The van der Waals surface area contributed by atoms with Crippen LogP contribution >= 0.6 is 23.4 Å². The maximum Gasteiger partial charge on any atom is 0.267 e. The fourth-order valence-corrected chi connectivity index (χ4v) is 5.01. The Hall–Kier alpha value is -2.69. The van der Waals surface area contributed by atoms with Crippen LogP contribution in [0.15, 0.2) is 58.7 Å². The fraction of sp³-hybridized carbons (Fsp3) is 0.105. The Morgan fingerprint density at radius 1 is 1.27 bits per heavy atom. The van der Waals surface area contributed by atoms with Gasteiger partial charge in [-0.25, -0.2) is 22.8 Å². The summed E-state index contributed by atoms with van der Waals surface area (Å²) < 4.78 is 39.9. The lowest BCUT2D eigenvalue weighted by Crippen LogP contribution is -2.31. The zero-order valence-electron chi connectivity index (χ0n) is 15.5. The van der Waals surface area contributed by atoms with E-state index in [1.807, 2.05) is 0 Å². The van der Waals surface area contributed by atoms with Crippen molar-refractivity contribution < 1.29 is 17.6 Å². The van der Waals surface area contributed by atoms with E-state index in [-0.39, 0.29) is 27.4 Å². The molecule has 0 bridgehead atoms. The summed E-state index contributed by atoms with van der Waals surface area (Å²) in [7, 11) is -2.38. The van der Waals surface area contributed by atoms with Crippen molar-refractivity contribution in [2.75, 3.05) is 22.4 Å². The van der Waals surface area contributed by atoms with Crippen molar-refractivity contribution in [3.05, 3.63) is 59.5 Å². The lowest BCUT2D eigenvalue weighted by atomic mass is 10.1. The van der Waals surface area contributed by atoms with Crippen molar-refractivity contribution in [3.63, 3.8) is 0 Å². The van der Waals surface area contributed by atoms with Gasteiger partial charge in [-0.2, -0.15) is 0 Å². The smallest absolute Gasteiger partial charge is 0.267 e. The highest BCUT2D eigenvalue weighted by Gasteiger charge is 2.34. The van der Waals surface area contributed by atoms with E-state index < -0.39 is 15.8 Å². The lowest BCUT2D eigenvalue weighted by Gasteiger charge is -2.28. The number of nitrogens with zero attached hydrogens (tertiary/aromatic N) is 3. The zero-order chi connectivity index (χ0) is 21.5. The number of benzene rings is 2. The number of carbonyl (C=O) groups is 1. The van der Waals surface area contributed by atoms with Crippen molar-refractivity contribution in [2.24, 2.45) is 0 Å². The first kappa shape index (κ1) is 20.6. The van der Waals surface area contributed by atoms with Crippen LogP contribution in [0.25, 0.3) is 11.3 Å². The van der Waals surface area contributed by atoms with Crippen LogP contribution < -0.4 is 9.62 Å². The average Bonchev–Trinajstić information content (AvgIpc) is 2.70. The molecule has 0 saturated heterocycles. The Kier molecular flexibility index (Phi) is 5.39. The molecule has 1 N–H and O–H groups in total. The first-order valence-electron chi connectivity index (χ1n) is 8.60. The third-order valence-corrected chi connectivity index (χ3v) is 7.24. The number of rotatable bonds is 4. The SMILES string of the molecule is CN1c2cc(Cl)ccc2-c2nc(SCC(=O)Nc3cccc(F)c3)ncc2S1(=O)=O. The van der Waals surface area contributed by atoms with Crippen LogP contribution in [0.1, 0.15) is 0 Å². The summed E-state index contributed by atoms with van der Waals surface area (Å²) in [6, 6.07) is 10.5. The monoisotopic (exact) mass is 464 g/mol. The van der Waals surface area contributed by atoms with Crippen molar-refractivity contribution >= 4 is 50.7 Å². The molecule has 0 radical (unpaired) electrons. The molecule has 154 valence electrons.